The van der Waals surface area contributed by atoms with Gasteiger partial charge in [-0.05, 0) is 42.5 Å². The Morgan fingerprint density at radius 1 is 1.33 bits per heavy atom. The maximum atomic E-state index is 13.4. The Hall–Kier alpha value is -2.90. The lowest BCUT2D eigenvalue weighted by atomic mass is 10.0. The van der Waals surface area contributed by atoms with E-state index in [4.69, 9.17) is 17.3 Å². The first-order valence-corrected chi connectivity index (χ1v) is 11.8. The van der Waals surface area contributed by atoms with E-state index in [1.807, 2.05) is 24.3 Å². The van der Waals surface area contributed by atoms with Crippen molar-refractivity contribution >= 4 is 41.3 Å². The van der Waals surface area contributed by atoms with Crippen molar-refractivity contribution in [1.29, 1.82) is 0 Å². The van der Waals surface area contributed by atoms with Crippen molar-refractivity contribution in [2.45, 2.75) is 36.3 Å². The Balaban J connectivity index is 1.76. The van der Waals surface area contributed by atoms with Crippen molar-refractivity contribution in [2.24, 2.45) is 5.73 Å². The molecule has 0 aliphatic carbocycles. The van der Waals surface area contributed by atoms with E-state index in [0.717, 1.165) is 34.4 Å². The maximum absolute atomic E-state index is 13.4. The lowest BCUT2D eigenvalue weighted by Gasteiger charge is -2.21. The lowest BCUT2D eigenvalue weighted by Crippen LogP contribution is -2.33. The van der Waals surface area contributed by atoms with Gasteiger partial charge in [0.25, 0.3) is 5.91 Å². The quantitative estimate of drug-likeness (QED) is 0.451. The number of nitrogens with zero attached hydrogens (tertiary/aromatic N) is 1. The van der Waals surface area contributed by atoms with Gasteiger partial charge in [-0.2, -0.15) is 0 Å². The number of primary amides is 1. The number of fused-ring (bicyclic) bond motifs is 1. The number of hydrogen-bond acceptors (Lipinski definition) is 4. The molecule has 1 aromatic heterocycles. The SMILES string of the molecule is CC/C(F)=C\C(Cl)=C/CCC1C=Cc2cccc(-c3cncc(C(=O)NCC(N)=O)c3)c2S1. The number of aromatic nitrogens is 1. The van der Waals surface area contributed by atoms with Gasteiger partial charge in [-0.15, -0.1) is 11.8 Å². The number of rotatable bonds is 9. The van der Waals surface area contributed by atoms with Crippen molar-refractivity contribution in [3.63, 3.8) is 0 Å². The third kappa shape index (κ3) is 7.04. The number of allylic oxidation sites excluding steroid dienone is 4. The molecule has 8 heteroatoms. The fourth-order valence-corrected chi connectivity index (χ4v) is 4.81. The summed E-state index contributed by atoms with van der Waals surface area (Å²) in [5.74, 6) is -1.25. The first-order chi connectivity index (χ1) is 15.9. The fourth-order valence-electron chi connectivity index (χ4n) is 3.28. The van der Waals surface area contributed by atoms with Gasteiger partial charge in [0.1, 0.15) is 5.83 Å². The number of pyridine rings is 1. The van der Waals surface area contributed by atoms with Crippen LogP contribution < -0.4 is 11.1 Å². The highest BCUT2D eigenvalue weighted by molar-refractivity contribution is 8.00. The van der Waals surface area contributed by atoms with E-state index in [9.17, 15) is 14.0 Å². The predicted molar refractivity (Wildman–Crippen MR) is 133 cm³/mol. The highest BCUT2D eigenvalue weighted by Crippen LogP contribution is 2.41. The van der Waals surface area contributed by atoms with E-state index >= 15 is 0 Å². The second-order valence-corrected chi connectivity index (χ2v) is 9.15. The third-order valence-electron chi connectivity index (χ3n) is 4.96. The Bertz CT molecular complexity index is 1130. The van der Waals surface area contributed by atoms with Crippen LogP contribution in [0.1, 0.15) is 42.1 Å². The fraction of sp³-hybridized carbons (Fsp3) is 0.240. The molecule has 1 atom stereocenters. The summed E-state index contributed by atoms with van der Waals surface area (Å²) in [5.41, 5.74) is 8.33. The number of hydrogen-bond donors (Lipinski definition) is 2. The predicted octanol–water partition coefficient (Wildman–Crippen LogP) is 5.62. The van der Waals surface area contributed by atoms with Crippen LogP contribution in [0.15, 0.2) is 70.6 Å². The first kappa shape index (κ1) is 24.7. The van der Waals surface area contributed by atoms with Crippen molar-refractivity contribution in [3.8, 4) is 11.1 Å². The normalized spacial score (nSPS) is 15.8. The van der Waals surface area contributed by atoms with Crippen LogP contribution in [0.2, 0.25) is 0 Å². The molecule has 172 valence electrons. The van der Waals surface area contributed by atoms with Gasteiger partial charge < -0.3 is 11.1 Å². The molecule has 2 heterocycles. The molecule has 0 radical (unpaired) electrons. The Morgan fingerprint density at radius 2 is 2.15 bits per heavy atom. The summed E-state index contributed by atoms with van der Waals surface area (Å²) in [4.78, 5) is 28.6. The monoisotopic (exact) mass is 485 g/mol. The summed E-state index contributed by atoms with van der Waals surface area (Å²) in [6.45, 7) is 1.51. The van der Waals surface area contributed by atoms with Crippen molar-refractivity contribution in [1.82, 2.24) is 10.3 Å². The minimum absolute atomic E-state index is 0.231. The minimum Gasteiger partial charge on any atom is -0.368 e. The number of nitrogens with one attached hydrogen (secondary N) is 1. The molecule has 0 saturated heterocycles. The molecule has 0 fully saturated rings. The van der Waals surface area contributed by atoms with Crippen molar-refractivity contribution in [3.05, 3.63) is 76.9 Å². The smallest absolute Gasteiger partial charge is 0.253 e. The molecule has 1 aliphatic heterocycles. The van der Waals surface area contributed by atoms with Gasteiger partial charge in [-0.25, -0.2) is 4.39 Å². The molecule has 3 N–H and O–H groups in total. The molecule has 1 aromatic carbocycles. The topological polar surface area (TPSA) is 85.1 Å². The molecule has 33 heavy (non-hydrogen) atoms. The first-order valence-electron chi connectivity index (χ1n) is 10.6. The van der Waals surface area contributed by atoms with Gasteiger partial charge in [0.05, 0.1) is 12.1 Å². The summed E-state index contributed by atoms with van der Waals surface area (Å²) in [5, 5.41) is 3.13. The molecule has 1 unspecified atom stereocenters. The van der Waals surface area contributed by atoms with Gasteiger partial charge in [-0.1, -0.05) is 55.0 Å². The van der Waals surface area contributed by atoms with Crippen LogP contribution in [0.4, 0.5) is 4.39 Å². The zero-order valence-electron chi connectivity index (χ0n) is 18.2. The number of nitrogens with two attached hydrogens (primary N) is 1. The molecule has 0 spiro atoms. The van der Waals surface area contributed by atoms with E-state index in [0.29, 0.717) is 17.0 Å². The van der Waals surface area contributed by atoms with Crippen LogP contribution in [0, 0.1) is 0 Å². The molecule has 2 aromatic rings. The van der Waals surface area contributed by atoms with Crippen molar-refractivity contribution < 1.29 is 14.0 Å². The number of carbonyl (C=O) groups excluding carboxylic acids is 2. The molecular formula is C25H25ClFN3O2S. The molecule has 3 rings (SSSR count). The number of benzene rings is 1. The third-order valence-corrected chi connectivity index (χ3v) is 6.61. The molecule has 5 nitrogen and oxygen atoms in total. The Morgan fingerprint density at radius 3 is 2.91 bits per heavy atom. The van der Waals surface area contributed by atoms with Gasteiger partial charge in [0.2, 0.25) is 5.91 Å². The molecule has 1 aliphatic rings. The summed E-state index contributed by atoms with van der Waals surface area (Å²) >= 11 is 7.83. The van der Waals surface area contributed by atoms with Gasteiger partial charge in [0, 0.05) is 33.1 Å². The zero-order chi connectivity index (χ0) is 23.8. The largest absolute Gasteiger partial charge is 0.368 e. The van der Waals surface area contributed by atoms with Crippen LogP contribution in [-0.2, 0) is 4.79 Å². The summed E-state index contributed by atoms with van der Waals surface area (Å²) < 4.78 is 13.4. The standard InChI is InChI=1S/C25H25ClFN3O2S/c1-2-20(27)12-19(26)6-4-7-21-10-9-16-5-3-8-22(24(16)33-21)17-11-18(14-29-13-17)25(32)30-15-23(28)31/h3,5-6,8-14,21H,2,4,7,15H2,1H3,(H2,28,31)(H,30,32)/b19-6+,20-12+. The summed E-state index contributed by atoms with van der Waals surface area (Å²) in [6, 6.07) is 7.77. The van der Waals surface area contributed by atoms with Crippen molar-refractivity contribution in [2.75, 3.05) is 6.54 Å². The van der Waals surface area contributed by atoms with Gasteiger partial charge in [0.15, 0.2) is 0 Å². The maximum Gasteiger partial charge on any atom is 0.253 e. The van der Waals surface area contributed by atoms with Crippen LogP contribution >= 0.6 is 23.4 Å². The number of carbonyl (C=O) groups is 2. The second kappa shape index (κ2) is 11.8. The van der Waals surface area contributed by atoms with E-state index < -0.39 is 11.8 Å². The zero-order valence-corrected chi connectivity index (χ0v) is 19.8. The number of amides is 2. The average molecular weight is 486 g/mol. The molecule has 0 saturated carbocycles. The molecule has 2 amide bonds. The Labute approximate surface area is 202 Å². The molecular weight excluding hydrogens is 461 g/mol. The lowest BCUT2D eigenvalue weighted by molar-refractivity contribution is -0.117. The molecule has 0 bridgehead atoms. The van der Waals surface area contributed by atoms with E-state index in [2.05, 4.69) is 22.5 Å². The number of halogens is 2. The van der Waals surface area contributed by atoms with E-state index in [1.54, 1.807) is 30.9 Å². The van der Waals surface area contributed by atoms with Crippen LogP contribution in [-0.4, -0.2) is 28.6 Å². The van der Waals surface area contributed by atoms with Crippen LogP contribution in [0.25, 0.3) is 17.2 Å². The second-order valence-electron chi connectivity index (χ2n) is 7.46. The minimum atomic E-state index is -0.610. The van der Waals surface area contributed by atoms with E-state index in [1.165, 1.54) is 12.3 Å². The van der Waals surface area contributed by atoms with E-state index in [-0.39, 0.29) is 17.6 Å². The summed E-state index contributed by atoms with van der Waals surface area (Å²) in [6.07, 6.45) is 12.5. The number of thioether (sulfide) groups is 1. The summed E-state index contributed by atoms with van der Waals surface area (Å²) in [7, 11) is 0. The van der Waals surface area contributed by atoms with Crippen LogP contribution in [0.5, 0.6) is 0 Å². The van der Waals surface area contributed by atoms with Gasteiger partial charge >= 0.3 is 0 Å². The Kier molecular flexibility index (Phi) is 8.86. The van der Waals surface area contributed by atoms with Gasteiger partial charge in [-0.3, -0.25) is 14.6 Å². The average Bonchev–Trinajstić information content (AvgIpc) is 2.82. The highest BCUT2D eigenvalue weighted by atomic mass is 35.5. The highest BCUT2D eigenvalue weighted by Gasteiger charge is 2.19. The van der Waals surface area contributed by atoms with Crippen LogP contribution in [0.3, 0.4) is 0 Å².